The lowest BCUT2D eigenvalue weighted by Crippen LogP contribution is -2.36. The zero-order valence-corrected chi connectivity index (χ0v) is 16.0. The first-order valence-electron chi connectivity index (χ1n) is 9.57. The highest BCUT2D eigenvalue weighted by Crippen LogP contribution is 2.39. The maximum Gasteiger partial charge on any atom is 0.153 e. The zero-order chi connectivity index (χ0) is 18.3. The summed E-state index contributed by atoms with van der Waals surface area (Å²) in [5, 5.41) is 1.31. The van der Waals surface area contributed by atoms with E-state index >= 15 is 0 Å². The number of pyridine rings is 1. The first kappa shape index (κ1) is 16.9. The van der Waals surface area contributed by atoms with Crippen LogP contribution in [0.25, 0.3) is 10.9 Å². The van der Waals surface area contributed by atoms with Gasteiger partial charge < -0.3 is 9.47 Å². The first-order chi connectivity index (χ1) is 12.7. The van der Waals surface area contributed by atoms with Crippen LogP contribution in [0, 0.1) is 13.8 Å². The van der Waals surface area contributed by atoms with Crippen LogP contribution in [0.4, 0.5) is 5.82 Å². The molecule has 26 heavy (non-hydrogen) atoms. The minimum atomic E-state index is 0.380. The van der Waals surface area contributed by atoms with Crippen LogP contribution < -0.4 is 4.90 Å². The van der Waals surface area contributed by atoms with Gasteiger partial charge in [0.25, 0.3) is 0 Å². The molecule has 3 heteroatoms. The van der Waals surface area contributed by atoms with E-state index in [0.717, 1.165) is 31.7 Å². The summed E-state index contributed by atoms with van der Waals surface area (Å²) in [5.74, 6) is 1.11. The minimum Gasteiger partial charge on any atom is -0.347 e. The number of aromatic nitrogens is 2. The maximum absolute atomic E-state index is 4.87. The van der Waals surface area contributed by atoms with E-state index in [1.165, 1.54) is 33.3 Å². The van der Waals surface area contributed by atoms with E-state index in [1.54, 1.807) is 0 Å². The van der Waals surface area contributed by atoms with Crippen molar-refractivity contribution in [1.29, 1.82) is 0 Å². The monoisotopic (exact) mass is 345 g/mol. The third kappa shape index (κ3) is 2.45. The Bertz CT molecular complexity index is 967. The Balaban J connectivity index is 1.92. The fourth-order valence-corrected chi connectivity index (χ4v) is 4.49. The summed E-state index contributed by atoms with van der Waals surface area (Å²) in [6.45, 7) is 12.5. The number of rotatable bonds is 4. The van der Waals surface area contributed by atoms with Crippen LogP contribution in [0.5, 0.6) is 0 Å². The van der Waals surface area contributed by atoms with Gasteiger partial charge in [-0.2, -0.15) is 0 Å². The smallest absolute Gasteiger partial charge is 0.153 e. The molecule has 134 valence electrons. The molecule has 3 heterocycles. The van der Waals surface area contributed by atoms with Crippen molar-refractivity contribution in [1.82, 2.24) is 9.55 Å². The summed E-state index contributed by atoms with van der Waals surface area (Å²) < 4.78 is 2.37. The van der Waals surface area contributed by atoms with E-state index in [9.17, 15) is 0 Å². The van der Waals surface area contributed by atoms with Gasteiger partial charge in [-0.15, -0.1) is 6.58 Å². The second kappa shape index (κ2) is 6.64. The zero-order valence-electron chi connectivity index (χ0n) is 16.0. The van der Waals surface area contributed by atoms with E-state index in [-0.39, 0.29) is 0 Å². The fraction of sp³-hybridized carbons (Fsp3) is 0.348. The van der Waals surface area contributed by atoms with Crippen molar-refractivity contribution in [3.63, 3.8) is 0 Å². The van der Waals surface area contributed by atoms with Crippen molar-refractivity contribution in [3.05, 3.63) is 71.6 Å². The van der Waals surface area contributed by atoms with Crippen LogP contribution in [0.3, 0.4) is 0 Å². The van der Waals surface area contributed by atoms with Crippen molar-refractivity contribution in [2.24, 2.45) is 0 Å². The normalized spacial score (nSPS) is 16.7. The van der Waals surface area contributed by atoms with Crippen molar-refractivity contribution < 1.29 is 0 Å². The molecule has 0 amide bonds. The van der Waals surface area contributed by atoms with Gasteiger partial charge in [0.05, 0.1) is 11.6 Å². The lowest BCUT2D eigenvalue weighted by molar-refractivity contribution is 0.562. The lowest BCUT2D eigenvalue weighted by Gasteiger charge is -2.38. The predicted molar refractivity (Wildman–Crippen MR) is 110 cm³/mol. The molecule has 0 N–H and O–H groups in total. The molecule has 3 nitrogen and oxygen atoms in total. The van der Waals surface area contributed by atoms with Gasteiger partial charge in [0, 0.05) is 30.4 Å². The molecule has 1 aromatic carbocycles. The van der Waals surface area contributed by atoms with Crippen molar-refractivity contribution in [2.75, 3.05) is 11.4 Å². The molecule has 2 aromatic heterocycles. The van der Waals surface area contributed by atoms with Gasteiger partial charge in [-0.25, -0.2) is 4.98 Å². The van der Waals surface area contributed by atoms with Gasteiger partial charge in [0.2, 0.25) is 0 Å². The number of anilines is 1. The Morgan fingerprint density at radius 1 is 1.23 bits per heavy atom. The predicted octanol–water partition coefficient (Wildman–Crippen LogP) is 5.35. The molecule has 0 saturated heterocycles. The molecular weight excluding hydrogens is 318 g/mol. The van der Waals surface area contributed by atoms with Gasteiger partial charge in [0.1, 0.15) is 0 Å². The number of nitrogens with zero attached hydrogens (tertiary/aromatic N) is 3. The summed E-state index contributed by atoms with van der Waals surface area (Å²) in [6, 6.07) is 11.4. The highest BCUT2D eigenvalue weighted by molar-refractivity contribution is 5.93. The molecule has 0 saturated carbocycles. The Morgan fingerprint density at radius 2 is 2.04 bits per heavy atom. The second-order valence-corrected chi connectivity index (χ2v) is 7.21. The number of allylic oxidation sites excluding steroid dienone is 1. The van der Waals surface area contributed by atoms with Crippen LogP contribution in [-0.2, 0) is 13.0 Å². The molecule has 0 radical (unpaired) electrons. The molecule has 1 aliphatic heterocycles. The number of aryl methyl sites for hydroxylation is 1. The van der Waals surface area contributed by atoms with Gasteiger partial charge in [0.15, 0.2) is 5.82 Å². The Kier molecular flexibility index (Phi) is 4.31. The molecule has 0 aliphatic carbocycles. The average molecular weight is 345 g/mol. The Morgan fingerprint density at radius 3 is 2.81 bits per heavy atom. The number of hydrogen-bond acceptors (Lipinski definition) is 2. The van der Waals surface area contributed by atoms with Crippen LogP contribution >= 0.6 is 0 Å². The minimum absolute atomic E-state index is 0.380. The largest absolute Gasteiger partial charge is 0.347 e. The summed E-state index contributed by atoms with van der Waals surface area (Å²) in [6.07, 6.45) is 6.10. The Labute approximate surface area is 156 Å². The van der Waals surface area contributed by atoms with Crippen molar-refractivity contribution in [2.45, 2.75) is 46.2 Å². The summed E-state index contributed by atoms with van der Waals surface area (Å²) in [4.78, 5) is 7.39. The highest BCUT2D eigenvalue weighted by atomic mass is 15.2. The average Bonchev–Trinajstić information content (AvgIpc) is 2.92. The molecule has 0 bridgehead atoms. The summed E-state index contributed by atoms with van der Waals surface area (Å²) in [7, 11) is 0. The lowest BCUT2D eigenvalue weighted by atomic mass is 9.91. The second-order valence-electron chi connectivity index (χ2n) is 7.21. The fourth-order valence-electron chi connectivity index (χ4n) is 4.49. The van der Waals surface area contributed by atoms with Crippen LogP contribution in [0.2, 0.25) is 0 Å². The van der Waals surface area contributed by atoms with Crippen molar-refractivity contribution in [3.8, 4) is 0 Å². The van der Waals surface area contributed by atoms with E-state index < -0.39 is 0 Å². The highest BCUT2D eigenvalue weighted by Gasteiger charge is 2.29. The van der Waals surface area contributed by atoms with E-state index in [1.807, 2.05) is 12.3 Å². The van der Waals surface area contributed by atoms with Crippen molar-refractivity contribution >= 4 is 16.7 Å². The SMILES string of the molecule is C=CCn1c(C)c(C)c2ccnc(N3CCc4ccccc4C3CC)c21. The Hall–Kier alpha value is -2.55. The molecule has 0 spiro atoms. The molecule has 0 fully saturated rings. The van der Waals surface area contributed by atoms with Gasteiger partial charge >= 0.3 is 0 Å². The van der Waals surface area contributed by atoms with Gasteiger partial charge in [-0.1, -0.05) is 37.3 Å². The maximum atomic E-state index is 4.87. The molecule has 3 aromatic rings. The van der Waals surface area contributed by atoms with E-state index in [0.29, 0.717) is 6.04 Å². The first-order valence-corrected chi connectivity index (χ1v) is 9.57. The molecule has 4 rings (SSSR count). The van der Waals surface area contributed by atoms with Crippen LogP contribution in [0.15, 0.2) is 49.2 Å². The number of hydrogen-bond donors (Lipinski definition) is 0. The molecule has 1 aliphatic rings. The van der Waals surface area contributed by atoms with Gasteiger partial charge in [-0.05, 0) is 49.4 Å². The summed E-state index contributed by atoms with van der Waals surface area (Å²) in [5.41, 5.74) is 6.84. The summed E-state index contributed by atoms with van der Waals surface area (Å²) >= 11 is 0. The topological polar surface area (TPSA) is 21.1 Å². The molecule has 1 atom stereocenters. The number of benzene rings is 1. The van der Waals surface area contributed by atoms with Crippen LogP contribution in [-0.4, -0.2) is 16.1 Å². The van der Waals surface area contributed by atoms with E-state index in [4.69, 9.17) is 4.98 Å². The van der Waals surface area contributed by atoms with Gasteiger partial charge in [-0.3, -0.25) is 0 Å². The third-order valence-electron chi connectivity index (χ3n) is 5.91. The molecule has 1 unspecified atom stereocenters. The standard InChI is InChI=1S/C23H27N3/c1-5-14-25-17(4)16(3)19-11-13-24-23(22(19)25)26-15-12-18-9-7-8-10-20(18)21(26)6-2/h5,7-11,13,21H,1,6,12,14-15H2,2-4H3. The molecular formula is C23H27N3. The number of fused-ring (bicyclic) bond motifs is 2. The van der Waals surface area contributed by atoms with E-state index in [2.05, 4.69) is 67.1 Å². The quantitative estimate of drug-likeness (QED) is 0.594. The third-order valence-corrected chi connectivity index (χ3v) is 5.91. The van der Waals surface area contributed by atoms with Crippen LogP contribution in [0.1, 0.15) is 41.8 Å².